The molecule has 0 fully saturated rings. The quantitative estimate of drug-likeness (QED) is 0.768. The van der Waals surface area contributed by atoms with Crippen molar-refractivity contribution < 1.29 is 14.3 Å². The van der Waals surface area contributed by atoms with E-state index in [1.807, 2.05) is 43.3 Å². The lowest BCUT2D eigenvalue weighted by Crippen LogP contribution is -2.28. The lowest BCUT2D eigenvalue weighted by molar-refractivity contribution is -0.119. The fourth-order valence-electron chi connectivity index (χ4n) is 2.75. The number of nitrogens with zero attached hydrogens (tertiary/aromatic N) is 1. The Bertz CT molecular complexity index is 855. The average molecular weight is 403 g/mol. The zero-order valence-corrected chi connectivity index (χ0v) is 17.2. The third-order valence-electron chi connectivity index (χ3n) is 4.16. The molecule has 0 radical (unpaired) electrons. The second kappa shape index (κ2) is 9.19. The Balaban J connectivity index is 1.59. The summed E-state index contributed by atoms with van der Waals surface area (Å²) in [6, 6.07) is 13.5. The van der Waals surface area contributed by atoms with Crippen LogP contribution >= 0.6 is 23.5 Å². The number of methoxy groups -OCH3 is 2. The largest absolute Gasteiger partial charge is 0.497 e. The molecule has 5 nitrogen and oxygen atoms in total. The molecular formula is C20H22N2O3S2. The van der Waals surface area contributed by atoms with Crippen LogP contribution in [0, 0.1) is 0 Å². The average Bonchev–Trinajstić information content (AvgIpc) is 2.71. The molecule has 0 bridgehead atoms. The van der Waals surface area contributed by atoms with Crippen LogP contribution in [0.5, 0.6) is 11.5 Å². The Morgan fingerprint density at radius 2 is 2.07 bits per heavy atom. The number of carbonyl (C=O) groups is 1. The molecule has 1 aliphatic rings. The molecule has 1 heterocycles. The summed E-state index contributed by atoms with van der Waals surface area (Å²) in [5.41, 5.74) is 3.11. The van der Waals surface area contributed by atoms with Gasteiger partial charge in [0.25, 0.3) is 0 Å². The number of thioether (sulfide) groups is 2. The number of aliphatic imine (C=N–C) groups is 1. The second-order valence-corrected chi connectivity index (χ2v) is 8.17. The molecule has 1 amide bonds. The van der Waals surface area contributed by atoms with Gasteiger partial charge in [0, 0.05) is 11.3 Å². The summed E-state index contributed by atoms with van der Waals surface area (Å²) in [4.78, 5) is 17.0. The monoisotopic (exact) mass is 402 g/mol. The minimum Gasteiger partial charge on any atom is -0.497 e. The summed E-state index contributed by atoms with van der Waals surface area (Å²) in [5, 5.41) is 3.02. The van der Waals surface area contributed by atoms with Gasteiger partial charge in [-0.05, 0) is 36.8 Å². The summed E-state index contributed by atoms with van der Waals surface area (Å²) in [6.07, 6.45) is 0. The van der Waals surface area contributed by atoms with E-state index in [9.17, 15) is 4.79 Å². The Kier molecular flexibility index (Phi) is 6.68. The number of hydrogen-bond acceptors (Lipinski definition) is 6. The number of carbonyl (C=O) groups excluding carboxylic acids is 1. The molecule has 1 atom stereocenters. The van der Waals surface area contributed by atoms with Crippen LogP contribution in [0.2, 0.25) is 0 Å². The number of nitrogens with one attached hydrogen (secondary N) is 1. The predicted molar refractivity (Wildman–Crippen MR) is 113 cm³/mol. The first kappa shape index (κ1) is 19.6. The van der Waals surface area contributed by atoms with Gasteiger partial charge < -0.3 is 14.8 Å². The molecule has 1 unspecified atom stereocenters. The Morgan fingerprint density at radius 3 is 2.85 bits per heavy atom. The molecule has 1 aliphatic heterocycles. The van der Waals surface area contributed by atoms with Gasteiger partial charge in [0.15, 0.2) is 0 Å². The highest BCUT2D eigenvalue weighted by molar-refractivity contribution is 8.38. The third kappa shape index (κ3) is 4.99. The molecule has 7 heteroatoms. The van der Waals surface area contributed by atoms with Gasteiger partial charge in [-0.25, -0.2) is 4.99 Å². The third-order valence-corrected chi connectivity index (χ3v) is 6.41. The van der Waals surface area contributed by atoms with E-state index in [0.29, 0.717) is 5.75 Å². The lowest BCUT2D eigenvalue weighted by Gasteiger charge is -2.18. The molecule has 2 aromatic rings. The highest BCUT2D eigenvalue weighted by Gasteiger charge is 2.17. The first-order valence-electron chi connectivity index (χ1n) is 8.54. The zero-order valence-electron chi connectivity index (χ0n) is 15.5. The van der Waals surface area contributed by atoms with Crippen molar-refractivity contribution in [1.82, 2.24) is 5.32 Å². The highest BCUT2D eigenvalue weighted by Crippen LogP contribution is 2.34. The maximum atomic E-state index is 12.4. The van der Waals surface area contributed by atoms with E-state index in [2.05, 4.69) is 16.4 Å². The lowest BCUT2D eigenvalue weighted by atomic mass is 10.1. The minimum absolute atomic E-state index is 0.0421. The fraction of sp³-hybridized carbons (Fsp3) is 0.300. The van der Waals surface area contributed by atoms with Crippen molar-refractivity contribution in [2.45, 2.75) is 18.7 Å². The highest BCUT2D eigenvalue weighted by atomic mass is 32.2. The van der Waals surface area contributed by atoms with Gasteiger partial charge in [-0.2, -0.15) is 0 Å². The van der Waals surface area contributed by atoms with Crippen molar-refractivity contribution >= 4 is 39.5 Å². The summed E-state index contributed by atoms with van der Waals surface area (Å²) < 4.78 is 11.6. The summed E-state index contributed by atoms with van der Waals surface area (Å²) in [7, 11) is 3.23. The molecule has 1 N–H and O–H groups in total. The van der Waals surface area contributed by atoms with Gasteiger partial charge in [0.1, 0.15) is 15.9 Å². The maximum absolute atomic E-state index is 12.4. The van der Waals surface area contributed by atoms with Crippen LogP contribution in [-0.4, -0.2) is 30.3 Å². The second-order valence-electron chi connectivity index (χ2n) is 5.98. The van der Waals surface area contributed by atoms with Crippen molar-refractivity contribution in [2.24, 2.45) is 4.99 Å². The first-order valence-corrected chi connectivity index (χ1v) is 10.5. The predicted octanol–water partition coefficient (Wildman–Crippen LogP) is 4.55. The van der Waals surface area contributed by atoms with Crippen LogP contribution in [0.15, 0.2) is 47.5 Å². The summed E-state index contributed by atoms with van der Waals surface area (Å²) >= 11 is 3.14. The van der Waals surface area contributed by atoms with Crippen molar-refractivity contribution in [3.63, 3.8) is 0 Å². The Morgan fingerprint density at radius 1 is 1.26 bits per heavy atom. The van der Waals surface area contributed by atoms with E-state index in [0.717, 1.165) is 32.9 Å². The topological polar surface area (TPSA) is 59.9 Å². The molecule has 0 aliphatic carbocycles. The summed E-state index contributed by atoms with van der Waals surface area (Å²) in [5.74, 6) is 2.62. The molecule has 3 rings (SSSR count). The van der Waals surface area contributed by atoms with Crippen molar-refractivity contribution in [3.8, 4) is 11.5 Å². The molecule has 142 valence electrons. The molecule has 0 spiro atoms. The van der Waals surface area contributed by atoms with Gasteiger partial charge in [-0.15, -0.1) is 0 Å². The number of para-hydroxylation sites is 1. The maximum Gasteiger partial charge on any atom is 0.230 e. The Hall–Kier alpha value is -2.12. The van der Waals surface area contributed by atoms with Crippen LogP contribution in [0.25, 0.3) is 0 Å². The molecule has 0 aromatic heterocycles. The Labute approximate surface area is 167 Å². The fourth-order valence-corrected chi connectivity index (χ4v) is 4.63. The van der Waals surface area contributed by atoms with E-state index < -0.39 is 0 Å². The van der Waals surface area contributed by atoms with Crippen LogP contribution in [0.4, 0.5) is 5.69 Å². The minimum atomic E-state index is -0.190. The zero-order chi connectivity index (χ0) is 19.2. The van der Waals surface area contributed by atoms with Gasteiger partial charge in [-0.3, -0.25) is 4.79 Å². The smallest absolute Gasteiger partial charge is 0.230 e. The van der Waals surface area contributed by atoms with Crippen LogP contribution < -0.4 is 14.8 Å². The standard InChI is InChI=1S/C20H22N2O3S2/c1-13(16-10-15(24-2)8-9-18(16)25-3)21-19(23)12-27-20-22-17-7-5-4-6-14(17)11-26-20/h4-10,13H,11-12H2,1-3H3,(H,21,23). The number of amides is 1. The van der Waals surface area contributed by atoms with Crippen molar-refractivity contribution in [2.75, 3.05) is 20.0 Å². The van der Waals surface area contributed by atoms with E-state index >= 15 is 0 Å². The van der Waals surface area contributed by atoms with E-state index in [4.69, 9.17) is 9.47 Å². The van der Waals surface area contributed by atoms with Crippen molar-refractivity contribution in [1.29, 1.82) is 0 Å². The van der Waals surface area contributed by atoms with E-state index in [1.165, 1.54) is 17.3 Å². The van der Waals surface area contributed by atoms with Crippen LogP contribution in [-0.2, 0) is 10.5 Å². The van der Waals surface area contributed by atoms with Gasteiger partial charge in [-0.1, -0.05) is 41.7 Å². The van der Waals surface area contributed by atoms with Gasteiger partial charge in [0.05, 0.1) is 31.7 Å². The normalized spacial score (nSPS) is 14.0. The van der Waals surface area contributed by atoms with Crippen LogP contribution in [0.3, 0.4) is 0 Å². The number of rotatable bonds is 6. The van der Waals surface area contributed by atoms with Gasteiger partial charge >= 0.3 is 0 Å². The molecule has 27 heavy (non-hydrogen) atoms. The number of fused-ring (bicyclic) bond motifs is 1. The van der Waals surface area contributed by atoms with E-state index in [-0.39, 0.29) is 11.9 Å². The summed E-state index contributed by atoms with van der Waals surface area (Å²) in [6.45, 7) is 1.93. The van der Waals surface area contributed by atoms with Gasteiger partial charge in [0.2, 0.25) is 5.91 Å². The number of hydrogen-bond donors (Lipinski definition) is 1. The van der Waals surface area contributed by atoms with Crippen LogP contribution in [0.1, 0.15) is 24.1 Å². The number of benzene rings is 2. The van der Waals surface area contributed by atoms with E-state index in [1.54, 1.807) is 26.0 Å². The molecule has 2 aromatic carbocycles. The first-order chi connectivity index (χ1) is 13.1. The van der Waals surface area contributed by atoms with Crippen molar-refractivity contribution in [3.05, 3.63) is 53.6 Å². The molecular weight excluding hydrogens is 380 g/mol. The number of ether oxygens (including phenoxy) is 2. The SMILES string of the molecule is COc1ccc(OC)c(C(C)NC(=O)CSC2=Nc3ccccc3CS2)c1. The molecule has 0 saturated carbocycles. The molecule has 0 saturated heterocycles.